The second kappa shape index (κ2) is 9.64. The van der Waals surface area contributed by atoms with Crippen molar-refractivity contribution in [3.05, 3.63) is 23.9 Å². The van der Waals surface area contributed by atoms with Gasteiger partial charge < -0.3 is 15.4 Å². The van der Waals surface area contributed by atoms with Crippen LogP contribution in [0.1, 0.15) is 12.0 Å². The van der Waals surface area contributed by atoms with Crippen molar-refractivity contribution in [2.75, 3.05) is 20.7 Å². The molecule has 21 heavy (non-hydrogen) atoms. The van der Waals surface area contributed by atoms with E-state index in [0.717, 1.165) is 5.56 Å². The Morgan fingerprint density at radius 1 is 1.33 bits per heavy atom. The van der Waals surface area contributed by atoms with Crippen LogP contribution >= 0.6 is 24.0 Å². The molecule has 0 saturated carbocycles. The third-order valence-electron chi connectivity index (χ3n) is 2.39. The first kappa shape index (κ1) is 19.7. The molecule has 0 aliphatic carbocycles. The minimum Gasteiger partial charge on any atom is -0.481 e. The van der Waals surface area contributed by atoms with E-state index >= 15 is 0 Å². The van der Waals surface area contributed by atoms with Gasteiger partial charge in [0, 0.05) is 32.4 Å². The monoisotopic (exact) mass is 418 g/mol. The molecule has 9 heteroatoms. The number of rotatable bonds is 5. The number of guanidine groups is 1. The number of alkyl halides is 3. The lowest BCUT2D eigenvalue weighted by Crippen LogP contribution is -2.38. The SMILES string of the molecule is CN=C(NCCC(F)(F)F)NCc1ccc(OC)nc1.I. The summed E-state index contributed by atoms with van der Waals surface area (Å²) in [6, 6.07) is 3.51. The molecule has 0 amide bonds. The maximum Gasteiger partial charge on any atom is 0.390 e. The lowest BCUT2D eigenvalue weighted by Gasteiger charge is -2.12. The van der Waals surface area contributed by atoms with Crippen LogP contribution in [-0.4, -0.2) is 37.8 Å². The summed E-state index contributed by atoms with van der Waals surface area (Å²) in [6.45, 7) is 0.187. The van der Waals surface area contributed by atoms with Gasteiger partial charge in [-0.05, 0) is 5.56 Å². The Morgan fingerprint density at radius 3 is 2.52 bits per heavy atom. The maximum atomic E-state index is 12.0. The van der Waals surface area contributed by atoms with E-state index in [1.165, 1.54) is 14.2 Å². The van der Waals surface area contributed by atoms with Crippen molar-refractivity contribution in [1.82, 2.24) is 15.6 Å². The fourth-order valence-corrected chi connectivity index (χ4v) is 1.37. The molecule has 0 radical (unpaired) electrons. The van der Waals surface area contributed by atoms with Gasteiger partial charge in [0.15, 0.2) is 5.96 Å². The summed E-state index contributed by atoms with van der Waals surface area (Å²) in [7, 11) is 3.02. The van der Waals surface area contributed by atoms with Gasteiger partial charge in [0.2, 0.25) is 5.88 Å². The van der Waals surface area contributed by atoms with E-state index in [9.17, 15) is 13.2 Å². The molecule has 0 unspecified atom stereocenters. The van der Waals surface area contributed by atoms with Crippen molar-refractivity contribution in [3.8, 4) is 5.88 Å². The number of nitrogens with zero attached hydrogens (tertiary/aromatic N) is 2. The van der Waals surface area contributed by atoms with Crippen molar-refractivity contribution >= 4 is 29.9 Å². The molecule has 5 nitrogen and oxygen atoms in total. The van der Waals surface area contributed by atoms with E-state index in [1.54, 1.807) is 12.3 Å². The lowest BCUT2D eigenvalue weighted by molar-refractivity contribution is -0.132. The lowest BCUT2D eigenvalue weighted by atomic mass is 10.3. The van der Waals surface area contributed by atoms with Crippen LogP contribution < -0.4 is 15.4 Å². The molecule has 0 fully saturated rings. The first-order valence-electron chi connectivity index (χ1n) is 5.95. The van der Waals surface area contributed by atoms with Crippen molar-refractivity contribution < 1.29 is 17.9 Å². The number of hydrogen-bond acceptors (Lipinski definition) is 3. The zero-order valence-electron chi connectivity index (χ0n) is 11.7. The van der Waals surface area contributed by atoms with Crippen LogP contribution in [0.25, 0.3) is 0 Å². The van der Waals surface area contributed by atoms with Gasteiger partial charge in [0.25, 0.3) is 0 Å². The van der Waals surface area contributed by atoms with E-state index in [2.05, 4.69) is 20.6 Å². The third kappa shape index (κ3) is 8.58. The molecule has 2 N–H and O–H groups in total. The van der Waals surface area contributed by atoms with Crippen molar-refractivity contribution in [1.29, 1.82) is 0 Å². The Kier molecular flexibility index (Phi) is 9.06. The molecule has 1 rings (SSSR count). The summed E-state index contributed by atoms with van der Waals surface area (Å²) in [4.78, 5) is 7.86. The topological polar surface area (TPSA) is 58.5 Å². The molecule has 0 saturated heterocycles. The van der Waals surface area contributed by atoms with Gasteiger partial charge >= 0.3 is 6.18 Å². The molecular weight excluding hydrogens is 400 g/mol. The summed E-state index contributed by atoms with van der Waals surface area (Å²) in [5, 5.41) is 5.49. The molecule has 0 atom stereocenters. The van der Waals surface area contributed by atoms with E-state index in [0.29, 0.717) is 18.4 Å². The zero-order valence-corrected chi connectivity index (χ0v) is 14.0. The highest BCUT2D eigenvalue weighted by molar-refractivity contribution is 14.0. The standard InChI is InChI=1S/C12H17F3N4O.HI/c1-16-11(17-6-5-12(13,14)15)19-8-9-3-4-10(20-2)18-7-9;/h3-4,7H,5-6,8H2,1-2H3,(H2,16,17,19);1H. The fourth-order valence-electron chi connectivity index (χ4n) is 1.37. The molecule has 0 aromatic carbocycles. The fraction of sp³-hybridized carbons (Fsp3) is 0.500. The van der Waals surface area contributed by atoms with Crippen LogP contribution in [0.4, 0.5) is 13.2 Å². The highest BCUT2D eigenvalue weighted by Crippen LogP contribution is 2.18. The number of ether oxygens (including phenoxy) is 1. The predicted molar refractivity (Wildman–Crippen MR) is 85.1 cm³/mol. The average molecular weight is 418 g/mol. The Morgan fingerprint density at radius 2 is 2.05 bits per heavy atom. The molecular formula is C12H18F3IN4O. The second-order valence-corrected chi connectivity index (χ2v) is 3.93. The predicted octanol–water partition coefficient (Wildman–Crippen LogP) is 2.33. The molecule has 1 aromatic heterocycles. The summed E-state index contributed by atoms with van der Waals surface area (Å²) < 4.78 is 41.0. The van der Waals surface area contributed by atoms with E-state index in [1.807, 2.05) is 6.07 Å². The van der Waals surface area contributed by atoms with Crippen molar-refractivity contribution in [2.24, 2.45) is 4.99 Å². The van der Waals surface area contributed by atoms with E-state index in [-0.39, 0.29) is 30.5 Å². The van der Waals surface area contributed by atoms with Gasteiger partial charge in [-0.2, -0.15) is 13.2 Å². The molecule has 1 heterocycles. The first-order valence-corrected chi connectivity index (χ1v) is 5.95. The van der Waals surface area contributed by atoms with Crippen molar-refractivity contribution in [2.45, 2.75) is 19.1 Å². The summed E-state index contributed by atoms with van der Waals surface area (Å²) in [5.74, 6) is 0.812. The van der Waals surface area contributed by atoms with Crippen LogP contribution in [0, 0.1) is 0 Å². The number of aliphatic imine (C=N–C) groups is 1. The zero-order chi connectivity index (χ0) is 15.0. The van der Waals surface area contributed by atoms with Gasteiger partial charge in [0.1, 0.15) is 0 Å². The average Bonchev–Trinajstić information content (AvgIpc) is 2.42. The number of aromatic nitrogens is 1. The van der Waals surface area contributed by atoms with Gasteiger partial charge in [-0.15, -0.1) is 24.0 Å². The number of halogens is 4. The molecule has 0 aliphatic heterocycles. The minimum atomic E-state index is -4.17. The van der Waals surface area contributed by atoms with Crippen LogP contribution in [0.15, 0.2) is 23.3 Å². The molecule has 120 valence electrons. The van der Waals surface area contributed by atoms with E-state index in [4.69, 9.17) is 4.74 Å². The molecule has 0 aliphatic rings. The Balaban J connectivity index is 0.00000400. The van der Waals surface area contributed by atoms with Crippen LogP contribution in [0.5, 0.6) is 5.88 Å². The Hall–Kier alpha value is -1.26. The minimum absolute atomic E-state index is 0. The van der Waals surface area contributed by atoms with Crippen LogP contribution in [0.3, 0.4) is 0 Å². The second-order valence-electron chi connectivity index (χ2n) is 3.93. The molecule has 0 spiro atoms. The maximum absolute atomic E-state index is 12.0. The van der Waals surface area contributed by atoms with Gasteiger partial charge in [-0.1, -0.05) is 6.07 Å². The molecule has 1 aromatic rings. The normalized spacial score (nSPS) is 11.6. The Labute approximate surface area is 138 Å². The molecule has 0 bridgehead atoms. The van der Waals surface area contributed by atoms with Crippen LogP contribution in [-0.2, 0) is 6.54 Å². The number of pyridine rings is 1. The van der Waals surface area contributed by atoms with E-state index < -0.39 is 12.6 Å². The Bertz CT molecular complexity index is 437. The highest BCUT2D eigenvalue weighted by Gasteiger charge is 2.26. The number of hydrogen-bond donors (Lipinski definition) is 2. The summed E-state index contributed by atoms with van der Waals surface area (Å²) in [6.07, 6.45) is -3.46. The summed E-state index contributed by atoms with van der Waals surface area (Å²) in [5.41, 5.74) is 0.865. The van der Waals surface area contributed by atoms with Crippen LogP contribution in [0.2, 0.25) is 0 Å². The third-order valence-corrected chi connectivity index (χ3v) is 2.39. The van der Waals surface area contributed by atoms with Gasteiger partial charge in [-0.3, -0.25) is 4.99 Å². The largest absolute Gasteiger partial charge is 0.481 e. The first-order chi connectivity index (χ1) is 9.44. The summed E-state index contributed by atoms with van der Waals surface area (Å²) >= 11 is 0. The quantitative estimate of drug-likeness (QED) is 0.438. The number of methoxy groups -OCH3 is 1. The van der Waals surface area contributed by atoms with Gasteiger partial charge in [0.05, 0.1) is 13.5 Å². The highest BCUT2D eigenvalue weighted by atomic mass is 127. The number of nitrogens with one attached hydrogen (secondary N) is 2. The van der Waals surface area contributed by atoms with Crippen molar-refractivity contribution in [3.63, 3.8) is 0 Å². The smallest absolute Gasteiger partial charge is 0.390 e. The van der Waals surface area contributed by atoms with Gasteiger partial charge in [-0.25, -0.2) is 4.98 Å².